The van der Waals surface area contributed by atoms with Crippen molar-refractivity contribution < 1.29 is 0 Å². The number of hydrogen-bond acceptors (Lipinski definition) is 2. The fourth-order valence-corrected chi connectivity index (χ4v) is 3.65. The number of nitrogens with two attached hydrogens (primary N) is 1. The predicted molar refractivity (Wildman–Crippen MR) is 79.9 cm³/mol. The Morgan fingerprint density at radius 2 is 1.74 bits per heavy atom. The first-order chi connectivity index (χ1) is 9.26. The van der Waals surface area contributed by atoms with Crippen molar-refractivity contribution in [2.24, 2.45) is 5.73 Å². The zero-order valence-corrected chi connectivity index (χ0v) is 11.9. The Labute approximate surface area is 117 Å². The van der Waals surface area contributed by atoms with Gasteiger partial charge in [0.25, 0.3) is 0 Å². The zero-order valence-electron chi connectivity index (χ0n) is 11.9. The molecule has 19 heavy (non-hydrogen) atoms. The van der Waals surface area contributed by atoms with Crippen LogP contribution in [0.5, 0.6) is 0 Å². The quantitative estimate of drug-likeness (QED) is 0.900. The van der Waals surface area contributed by atoms with Gasteiger partial charge in [0, 0.05) is 12.1 Å². The molecule has 1 aliphatic carbocycles. The molecule has 1 heterocycles. The highest BCUT2D eigenvalue weighted by molar-refractivity contribution is 5.30. The van der Waals surface area contributed by atoms with E-state index in [2.05, 4.69) is 29.2 Å². The number of likely N-dealkylation sites (tertiary alicyclic amines) is 1. The number of rotatable bonds is 3. The Kier molecular flexibility index (Phi) is 3.90. The van der Waals surface area contributed by atoms with Crippen LogP contribution in [-0.2, 0) is 12.1 Å². The molecule has 3 rings (SSSR count). The summed E-state index contributed by atoms with van der Waals surface area (Å²) in [4.78, 5) is 2.58. The van der Waals surface area contributed by atoms with Crippen LogP contribution in [0.2, 0.25) is 0 Å². The van der Waals surface area contributed by atoms with Crippen molar-refractivity contribution in [3.05, 3.63) is 35.4 Å². The maximum atomic E-state index is 6.57. The fourth-order valence-electron chi connectivity index (χ4n) is 3.65. The third-order valence-electron chi connectivity index (χ3n) is 4.85. The minimum Gasteiger partial charge on any atom is -0.321 e. The van der Waals surface area contributed by atoms with E-state index in [0.29, 0.717) is 0 Å². The van der Waals surface area contributed by atoms with Crippen molar-refractivity contribution in [2.75, 3.05) is 13.1 Å². The van der Waals surface area contributed by atoms with Crippen molar-refractivity contribution in [2.45, 2.75) is 57.0 Å². The highest BCUT2D eigenvalue weighted by Crippen LogP contribution is 2.36. The van der Waals surface area contributed by atoms with Crippen molar-refractivity contribution in [3.63, 3.8) is 0 Å². The number of benzene rings is 1. The summed E-state index contributed by atoms with van der Waals surface area (Å²) in [7, 11) is 0. The molecule has 104 valence electrons. The second kappa shape index (κ2) is 5.64. The summed E-state index contributed by atoms with van der Waals surface area (Å²) in [6, 6.07) is 9.04. The highest BCUT2D eigenvalue weighted by atomic mass is 15.1. The largest absolute Gasteiger partial charge is 0.321 e. The molecule has 0 amide bonds. The van der Waals surface area contributed by atoms with Gasteiger partial charge in [-0.15, -0.1) is 0 Å². The van der Waals surface area contributed by atoms with Gasteiger partial charge in [-0.3, -0.25) is 4.90 Å². The number of piperidine rings is 1. The zero-order chi connectivity index (χ0) is 13.1. The molecule has 0 unspecified atom stereocenters. The third-order valence-corrected chi connectivity index (χ3v) is 4.85. The van der Waals surface area contributed by atoms with Crippen molar-refractivity contribution in [3.8, 4) is 0 Å². The van der Waals surface area contributed by atoms with Crippen LogP contribution >= 0.6 is 0 Å². The van der Waals surface area contributed by atoms with E-state index in [9.17, 15) is 0 Å². The van der Waals surface area contributed by atoms with Crippen molar-refractivity contribution >= 4 is 0 Å². The van der Waals surface area contributed by atoms with Crippen LogP contribution in [0, 0.1) is 0 Å². The SMILES string of the molecule is NC1(c2cccc(CN3CCCCC3)c2)CCCC1. The van der Waals surface area contributed by atoms with Gasteiger partial charge in [0.05, 0.1) is 0 Å². The summed E-state index contributed by atoms with van der Waals surface area (Å²) >= 11 is 0. The summed E-state index contributed by atoms with van der Waals surface area (Å²) in [6.07, 6.45) is 9.00. The third kappa shape index (κ3) is 3.01. The molecule has 1 saturated heterocycles. The van der Waals surface area contributed by atoms with Gasteiger partial charge in [-0.1, -0.05) is 43.5 Å². The van der Waals surface area contributed by atoms with Gasteiger partial charge in [0.2, 0.25) is 0 Å². The summed E-state index contributed by atoms with van der Waals surface area (Å²) < 4.78 is 0. The predicted octanol–water partition coefficient (Wildman–Crippen LogP) is 3.40. The second-order valence-electron chi connectivity index (χ2n) is 6.40. The Hall–Kier alpha value is -0.860. The van der Waals surface area contributed by atoms with Crippen molar-refractivity contribution in [1.82, 2.24) is 4.90 Å². The van der Waals surface area contributed by atoms with Gasteiger partial charge in [0.15, 0.2) is 0 Å². The molecule has 2 N–H and O–H groups in total. The lowest BCUT2D eigenvalue weighted by atomic mass is 9.88. The maximum absolute atomic E-state index is 6.57. The number of nitrogens with zero attached hydrogens (tertiary/aromatic N) is 1. The van der Waals surface area contributed by atoms with Gasteiger partial charge in [-0.2, -0.15) is 0 Å². The van der Waals surface area contributed by atoms with E-state index in [0.717, 1.165) is 19.4 Å². The minimum atomic E-state index is -0.0437. The first-order valence-corrected chi connectivity index (χ1v) is 7.87. The topological polar surface area (TPSA) is 29.3 Å². The average molecular weight is 258 g/mol. The average Bonchev–Trinajstić information content (AvgIpc) is 2.89. The Morgan fingerprint density at radius 3 is 2.47 bits per heavy atom. The van der Waals surface area contributed by atoms with Crippen LogP contribution in [0.15, 0.2) is 24.3 Å². The van der Waals surface area contributed by atoms with E-state index >= 15 is 0 Å². The second-order valence-corrected chi connectivity index (χ2v) is 6.40. The van der Waals surface area contributed by atoms with Gasteiger partial charge < -0.3 is 5.73 Å². The summed E-state index contributed by atoms with van der Waals surface area (Å²) in [5.74, 6) is 0. The lowest BCUT2D eigenvalue weighted by Crippen LogP contribution is -2.33. The highest BCUT2D eigenvalue weighted by Gasteiger charge is 2.31. The molecular formula is C17H26N2. The van der Waals surface area contributed by atoms with Gasteiger partial charge in [-0.25, -0.2) is 0 Å². The number of hydrogen-bond donors (Lipinski definition) is 1. The standard InChI is InChI=1S/C17H26N2/c18-17(9-2-3-10-17)16-8-6-7-15(13-16)14-19-11-4-1-5-12-19/h6-8,13H,1-5,9-12,14,18H2. The van der Waals surface area contributed by atoms with E-state index in [4.69, 9.17) is 5.73 Å². The van der Waals surface area contributed by atoms with E-state index in [1.54, 1.807) is 0 Å². The maximum Gasteiger partial charge on any atom is 0.0409 e. The van der Waals surface area contributed by atoms with Crippen molar-refractivity contribution in [1.29, 1.82) is 0 Å². The van der Waals surface area contributed by atoms with E-state index in [-0.39, 0.29) is 5.54 Å². The molecule has 0 spiro atoms. The summed E-state index contributed by atoms with van der Waals surface area (Å²) in [6.45, 7) is 3.62. The van der Waals surface area contributed by atoms with Crippen LogP contribution in [0.1, 0.15) is 56.1 Å². The molecular weight excluding hydrogens is 232 g/mol. The smallest absolute Gasteiger partial charge is 0.0409 e. The van der Waals surface area contributed by atoms with Gasteiger partial charge >= 0.3 is 0 Å². The molecule has 0 aromatic heterocycles. The first kappa shape index (κ1) is 13.1. The van der Waals surface area contributed by atoms with Crippen LogP contribution in [-0.4, -0.2) is 18.0 Å². The first-order valence-electron chi connectivity index (χ1n) is 7.87. The normalized spacial score (nSPS) is 23.6. The van der Waals surface area contributed by atoms with E-state index < -0.39 is 0 Å². The molecule has 1 aromatic rings. The Bertz CT molecular complexity index is 415. The molecule has 1 saturated carbocycles. The van der Waals surface area contributed by atoms with Crippen LogP contribution in [0.4, 0.5) is 0 Å². The molecule has 0 radical (unpaired) electrons. The molecule has 2 fully saturated rings. The molecule has 2 aliphatic rings. The molecule has 1 aromatic carbocycles. The summed E-state index contributed by atoms with van der Waals surface area (Å²) in [5.41, 5.74) is 9.33. The van der Waals surface area contributed by atoms with Crippen LogP contribution in [0.25, 0.3) is 0 Å². The van der Waals surface area contributed by atoms with Gasteiger partial charge in [0.1, 0.15) is 0 Å². The van der Waals surface area contributed by atoms with Crippen LogP contribution < -0.4 is 5.73 Å². The fraction of sp³-hybridized carbons (Fsp3) is 0.647. The molecule has 1 aliphatic heterocycles. The molecule has 0 bridgehead atoms. The lowest BCUT2D eigenvalue weighted by molar-refractivity contribution is 0.221. The van der Waals surface area contributed by atoms with E-state index in [1.807, 2.05) is 0 Å². The van der Waals surface area contributed by atoms with E-state index in [1.165, 1.54) is 56.3 Å². The summed E-state index contributed by atoms with van der Waals surface area (Å²) in [5, 5.41) is 0. The molecule has 0 atom stereocenters. The molecule has 2 nitrogen and oxygen atoms in total. The van der Waals surface area contributed by atoms with Gasteiger partial charge in [-0.05, 0) is 49.9 Å². The minimum absolute atomic E-state index is 0.0437. The Balaban J connectivity index is 1.72. The lowest BCUT2D eigenvalue weighted by Gasteiger charge is -2.28. The Morgan fingerprint density at radius 1 is 1.00 bits per heavy atom. The molecule has 2 heteroatoms. The van der Waals surface area contributed by atoms with Crippen LogP contribution in [0.3, 0.4) is 0 Å². The monoisotopic (exact) mass is 258 g/mol.